The summed E-state index contributed by atoms with van der Waals surface area (Å²) in [7, 11) is 1.83. The number of nitrogens with one attached hydrogen (secondary N) is 1. The SMILES string of the molecule is CCc1nc(C)c(C(C)N(C)C(=O)c2nnn(C3CCNCC3)c2C)s1.Cl.Cl. The number of hydrogen-bond donors (Lipinski definition) is 1. The van der Waals surface area contributed by atoms with Crippen LogP contribution in [0, 0.1) is 13.8 Å². The molecule has 3 heterocycles. The smallest absolute Gasteiger partial charge is 0.276 e. The molecule has 0 radical (unpaired) electrons. The molecule has 0 aliphatic carbocycles. The number of thiazole rings is 1. The van der Waals surface area contributed by atoms with Gasteiger partial charge in [-0.2, -0.15) is 0 Å². The zero-order chi connectivity index (χ0) is 18.8. The maximum Gasteiger partial charge on any atom is 0.276 e. The van der Waals surface area contributed by atoms with E-state index in [0.29, 0.717) is 11.7 Å². The van der Waals surface area contributed by atoms with Gasteiger partial charge in [-0.1, -0.05) is 12.1 Å². The second kappa shape index (κ2) is 10.5. The molecule has 10 heteroatoms. The van der Waals surface area contributed by atoms with Crippen LogP contribution in [0.2, 0.25) is 0 Å². The first-order valence-corrected chi connectivity index (χ1v) is 10.1. The molecule has 7 nitrogen and oxygen atoms in total. The van der Waals surface area contributed by atoms with Gasteiger partial charge in [-0.05, 0) is 53.1 Å². The molecule has 0 spiro atoms. The molecule has 1 fully saturated rings. The van der Waals surface area contributed by atoms with E-state index in [4.69, 9.17) is 0 Å². The first kappa shape index (κ1) is 24.8. The van der Waals surface area contributed by atoms with E-state index < -0.39 is 0 Å². The molecule has 1 atom stereocenters. The summed E-state index contributed by atoms with van der Waals surface area (Å²) in [6.45, 7) is 10.1. The van der Waals surface area contributed by atoms with Crippen molar-refractivity contribution in [1.29, 1.82) is 0 Å². The molecular weight excluding hydrogens is 419 g/mol. The Morgan fingerprint density at radius 1 is 1.32 bits per heavy atom. The van der Waals surface area contributed by atoms with Crippen LogP contribution in [0.1, 0.15) is 70.5 Å². The number of aryl methyl sites for hydroxylation is 2. The quantitative estimate of drug-likeness (QED) is 0.756. The van der Waals surface area contributed by atoms with E-state index >= 15 is 0 Å². The van der Waals surface area contributed by atoms with Crippen LogP contribution in [-0.2, 0) is 6.42 Å². The van der Waals surface area contributed by atoms with Crippen LogP contribution in [0.25, 0.3) is 0 Å². The average molecular weight is 449 g/mol. The van der Waals surface area contributed by atoms with Crippen LogP contribution >= 0.6 is 36.2 Å². The number of hydrogen-bond acceptors (Lipinski definition) is 6. The summed E-state index contributed by atoms with van der Waals surface area (Å²) in [5.41, 5.74) is 2.32. The minimum atomic E-state index is -0.0824. The third kappa shape index (κ3) is 4.84. The molecule has 2 aromatic rings. The van der Waals surface area contributed by atoms with Crippen LogP contribution in [0.4, 0.5) is 0 Å². The summed E-state index contributed by atoms with van der Waals surface area (Å²) in [4.78, 5) is 20.5. The molecular formula is C18H30Cl2N6OS. The highest BCUT2D eigenvalue weighted by molar-refractivity contribution is 7.11. The molecule has 28 heavy (non-hydrogen) atoms. The highest BCUT2D eigenvalue weighted by Crippen LogP contribution is 2.30. The van der Waals surface area contributed by atoms with E-state index in [9.17, 15) is 4.79 Å². The lowest BCUT2D eigenvalue weighted by atomic mass is 10.1. The van der Waals surface area contributed by atoms with Gasteiger partial charge in [0.1, 0.15) is 0 Å². The Hall–Kier alpha value is -1.22. The number of carbonyl (C=O) groups excluding carboxylic acids is 1. The fourth-order valence-electron chi connectivity index (χ4n) is 3.46. The van der Waals surface area contributed by atoms with Gasteiger partial charge in [0.25, 0.3) is 5.91 Å². The Morgan fingerprint density at radius 3 is 2.54 bits per heavy atom. The molecule has 1 saturated heterocycles. The topological polar surface area (TPSA) is 75.9 Å². The van der Waals surface area contributed by atoms with Crippen LogP contribution in [-0.4, -0.2) is 50.9 Å². The molecule has 3 rings (SSSR count). The lowest BCUT2D eigenvalue weighted by molar-refractivity contribution is 0.0737. The number of amides is 1. The van der Waals surface area contributed by atoms with Gasteiger partial charge in [-0.15, -0.1) is 41.2 Å². The zero-order valence-corrected chi connectivity index (χ0v) is 19.5. The summed E-state index contributed by atoms with van der Waals surface area (Å²) in [5, 5.41) is 13.0. The minimum Gasteiger partial charge on any atom is -0.333 e. The van der Waals surface area contributed by atoms with Gasteiger partial charge in [0.2, 0.25) is 0 Å². The van der Waals surface area contributed by atoms with Crippen LogP contribution in [0.5, 0.6) is 0 Å². The second-order valence-electron chi connectivity index (χ2n) is 6.95. The Morgan fingerprint density at radius 2 is 1.96 bits per heavy atom. The van der Waals surface area contributed by atoms with Crippen LogP contribution < -0.4 is 5.32 Å². The van der Waals surface area contributed by atoms with E-state index in [-0.39, 0.29) is 36.8 Å². The Kier molecular flexibility index (Phi) is 9.33. The van der Waals surface area contributed by atoms with E-state index in [2.05, 4.69) is 27.5 Å². The number of nitrogens with zero attached hydrogens (tertiary/aromatic N) is 5. The van der Waals surface area contributed by atoms with Crippen LogP contribution in [0.3, 0.4) is 0 Å². The normalized spacial score (nSPS) is 15.5. The average Bonchev–Trinajstić information content (AvgIpc) is 3.23. The molecule has 1 unspecified atom stereocenters. The summed E-state index contributed by atoms with van der Waals surface area (Å²) in [6.07, 6.45) is 2.95. The third-order valence-corrected chi connectivity index (χ3v) is 6.72. The molecule has 0 bridgehead atoms. The predicted molar refractivity (Wildman–Crippen MR) is 117 cm³/mol. The Bertz CT molecular complexity index is 787. The van der Waals surface area contributed by atoms with Crippen molar-refractivity contribution in [3.8, 4) is 0 Å². The number of carbonyl (C=O) groups is 1. The Balaban J connectivity index is 0.00000196. The van der Waals surface area contributed by atoms with Gasteiger partial charge in [0, 0.05) is 11.9 Å². The molecule has 1 aliphatic heterocycles. The van der Waals surface area contributed by atoms with Crippen molar-refractivity contribution < 1.29 is 4.79 Å². The fourth-order valence-corrected chi connectivity index (χ4v) is 4.56. The molecule has 2 aromatic heterocycles. The first-order chi connectivity index (χ1) is 12.4. The molecule has 1 aliphatic rings. The van der Waals surface area contributed by atoms with Crippen molar-refractivity contribution in [2.24, 2.45) is 0 Å². The molecule has 1 amide bonds. The van der Waals surface area contributed by atoms with E-state index in [1.807, 2.05) is 32.5 Å². The fraction of sp³-hybridized carbons (Fsp3) is 0.667. The first-order valence-electron chi connectivity index (χ1n) is 9.29. The van der Waals surface area contributed by atoms with Gasteiger partial charge in [0.15, 0.2) is 5.69 Å². The van der Waals surface area contributed by atoms with Crippen molar-refractivity contribution in [2.75, 3.05) is 20.1 Å². The van der Waals surface area contributed by atoms with Crippen molar-refractivity contribution in [2.45, 2.75) is 59.0 Å². The lowest BCUT2D eigenvalue weighted by Crippen LogP contribution is -2.31. The molecule has 0 aromatic carbocycles. The molecule has 0 saturated carbocycles. The summed E-state index contributed by atoms with van der Waals surface area (Å²) < 4.78 is 1.93. The highest BCUT2D eigenvalue weighted by Gasteiger charge is 2.28. The summed E-state index contributed by atoms with van der Waals surface area (Å²) in [6, 6.07) is 0.285. The maximum atomic E-state index is 13.0. The van der Waals surface area contributed by atoms with Gasteiger partial charge < -0.3 is 10.2 Å². The monoisotopic (exact) mass is 448 g/mol. The van der Waals surface area contributed by atoms with Crippen molar-refractivity contribution in [3.63, 3.8) is 0 Å². The number of aromatic nitrogens is 4. The predicted octanol–water partition coefficient (Wildman–Crippen LogP) is 3.52. The lowest BCUT2D eigenvalue weighted by Gasteiger charge is -2.25. The maximum absolute atomic E-state index is 13.0. The van der Waals surface area contributed by atoms with Crippen LogP contribution in [0.15, 0.2) is 0 Å². The number of rotatable bonds is 5. The van der Waals surface area contributed by atoms with E-state index in [1.165, 1.54) is 0 Å². The van der Waals surface area contributed by atoms with Gasteiger partial charge in [0.05, 0.1) is 28.5 Å². The number of halogens is 2. The van der Waals surface area contributed by atoms with Gasteiger partial charge in [-0.25, -0.2) is 9.67 Å². The van der Waals surface area contributed by atoms with Crippen molar-refractivity contribution in [3.05, 3.63) is 27.0 Å². The summed E-state index contributed by atoms with van der Waals surface area (Å²) in [5.74, 6) is -0.0824. The summed E-state index contributed by atoms with van der Waals surface area (Å²) >= 11 is 1.69. The zero-order valence-electron chi connectivity index (χ0n) is 17.1. The standard InChI is InChI=1S/C18H28N6OS.2ClH/c1-6-15-20-11(2)17(26-15)13(4)23(5)18(25)16-12(3)24(22-21-16)14-7-9-19-10-8-14;;/h13-14,19H,6-10H2,1-5H3;2*1H. The van der Waals surface area contributed by atoms with Crippen molar-refractivity contribution in [1.82, 2.24) is 30.2 Å². The number of piperidine rings is 1. The van der Waals surface area contributed by atoms with E-state index in [0.717, 1.165) is 53.6 Å². The third-order valence-electron chi connectivity index (χ3n) is 5.24. The Labute approximate surface area is 183 Å². The second-order valence-corrected chi connectivity index (χ2v) is 8.07. The molecule has 158 valence electrons. The van der Waals surface area contributed by atoms with Gasteiger partial charge >= 0.3 is 0 Å². The van der Waals surface area contributed by atoms with Gasteiger partial charge in [-0.3, -0.25) is 4.79 Å². The minimum absolute atomic E-state index is 0. The van der Waals surface area contributed by atoms with Crippen molar-refractivity contribution >= 4 is 42.1 Å². The highest BCUT2D eigenvalue weighted by atomic mass is 35.5. The van der Waals surface area contributed by atoms with E-state index in [1.54, 1.807) is 16.2 Å². The molecule has 1 N–H and O–H groups in total. The largest absolute Gasteiger partial charge is 0.333 e.